The number of nitrogen functional groups attached to an aromatic ring is 1. The number of rotatable bonds is 2. The summed E-state index contributed by atoms with van der Waals surface area (Å²) in [6.07, 6.45) is 0. The Morgan fingerprint density at radius 1 is 1.05 bits per heavy atom. The summed E-state index contributed by atoms with van der Waals surface area (Å²) in [7, 11) is 0. The van der Waals surface area contributed by atoms with Crippen molar-refractivity contribution in [2.24, 2.45) is 0 Å². The summed E-state index contributed by atoms with van der Waals surface area (Å²) >= 11 is 12.1. The molecule has 96 valence electrons. The molecule has 2 N–H and O–H groups in total. The number of fused-ring (bicyclic) bond motifs is 1. The van der Waals surface area contributed by atoms with E-state index in [1.165, 1.54) is 0 Å². The van der Waals surface area contributed by atoms with Crippen molar-refractivity contribution in [3.63, 3.8) is 0 Å². The molecule has 0 amide bonds. The van der Waals surface area contributed by atoms with Gasteiger partial charge >= 0.3 is 0 Å². The Balaban J connectivity index is 2.09. The molecule has 0 saturated carbocycles. The van der Waals surface area contributed by atoms with Crippen molar-refractivity contribution in [1.29, 1.82) is 0 Å². The van der Waals surface area contributed by atoms with Crippen LogP contribution < -0.4 is 5.73 Å². The molecule has 1 heterocycles. The van der Waals surface area contributed by atoms with Gasteiger partial charge in [-0.05, 0) is 29.8 Å². The summed E-state index contributed by atoms with van der Waals surface area (Å²) in [6, 6.07) is 13.2. The summed E-state index contributed by atoms with van der Waals surface area (Å²) in [6.45, 7) is 0.614. The predicted octanol–water partition coefficient (Wildman–Crippen LogP) is 3.97. The van der Waals surface area contributed by atoms with Crippen LogP contribution in [0.25, 0.3) is 11.0 Å². The number of halogens is 2. The second-order valence-electron chi connectivity index (χ2n) is 4.29. The zero-order valence-electron chi connectivity index (χ0n) is 9.98. The van der Waals surface area contributed by atoms with E-state index in [2.05, 4.69) is 4.98 Å². The maximum absolute atomic E-state index is 6.23. The van der Waals surface area contributed by atoms with Crippen LogP contribution in [0, 0.1) is 0 Å². The topological polar surface area (TPSA) is 43.8 Å². The van der Waals surface area contributed by atoms with Gasteiger partial charge in [0, 0.05) is 5.02 Å². The Kier molecular flexibility index (Phi) is 3.09. The van der Waals surface area contributed by atoms with Gasteiger partial charge in [-0.1, -0.05) is 41.4 Å². The molecule has 0 aliphatic heterocycles. The second kappa shape index (κ2) is 4.76. The number of anilines is 1. The largest absolute Gasteiger partial charge is 0.369 e. The van der Waals surface area contributed by atoms with Crippen molar-refractivity contribution in [2.75, 3.05) is 5.73 Å². The van der Waals surface area contributed by atoms with Crippen LogP contribution in [-0.2, 0) is 6.54 Å². The predicted molar refractivity (Wildman–Crippen MR) is 79.7 cm³/mol. The van der Waals surface area contributed by atoms with Crippen LogP contribution in [0.3, 0.4) is 0 Å². The first-order chi connectivity index (χ1) is 9.15. The highest BCUT2D eigenvalue weighted by atomic mass is 35.5. The second-order valence-corrected chi connectivity index (χ2v) is 5.13. The smallest absolute Gasteiger partial charge is 0.201 e. The highest BCUT2D eigenvalue weighted by Crippen LogP contribution is 2.26. The lowest BCUT2D eigenvalue weighted by Crippen LogP contribution is -2.04. The maximum atomic E-state index is 6.23. The minimum Gasteiger partial charge on any atom is -0.369 e. The Morgan fingerprint density at radius 3 is 2.53 bits per heavy atom. The van der Waals surface area contributed by atoms with Gasteiger partial charge in [0.25, 0.3) is 0 Å². The number of nitrogens with two attached hydrogens (primary N) is 1. The van der Waals surface area contributed by atoms with E-state index < -0.39 is 0 Å². The Bertz CT molecular complexity index is 732. The van der Waals surface area contributed by atoms with Gasteiger partial charge in [-0.15, -0.1) is 0 Å². The third-order valence-electron chi connectivity index (χ3n) is 3.00. The quantitative estimate of drug-likeness (QED) is 0.776. The van der Waals surface area contributed by atoms with Crippen molar-refractivity contribution in [1.82, 2.24) is 9.55 Å². The van der Waals surface area contributed by atoms with Gasteiger partial charge in [-0.2, -0.15) is 0 Å². The van der Waals surface area contributed by atoms with Gasteiger partial charge in [0.2, 0.25) is 5.95 Å². The van der Waals surface area contributed by atoms with Gasteiger partial charge in [0.05, 0.1) is 22.6 Å². The van der Waals surface area contributed by atoms with Crippen LogP contribution in [0.5, 0.6) is 0 Å². The highest BCUT2D eigenvalue weighted by molar-refractivity contribution is 6.35. The first-order valence-electron chi connectivity index (χ1n) is 5.80. The molecule has 3 nitrogen and oxygen atoms in total. The lowest BCUT2D eigenvalue weighted by atomic mass is 10.2. The average Bonchev–Trinajstić information content (AvgIpc) is 2.70. The zero-order valence-corrected chi connectivity index (χ0v) is 11.5. The van der Waals surface area contributed by atoms with Gasteiger partial charge in [-0.3, -0.25) is 0 Å². The third kappa shape index (κ3) is 2.27. The molecule has 0 aliphatic rings. The van der Waals surface area contributed by atoms with E-state index in [0.717, 1.165) is 16.6 Å². The molecule has 0 atom stereocenters. The maximum Gasteiger partial charge on any atom is 0.201 e. The average molecular weight is 292 g/mol. The van der Waals surface area contributed by atoms with Gasteiger partial charge in [-0.25, -0.2) is 4.98 Å². The number of para-hydroxylation sites is 1. The lowest BCUT2D eigenvalue weighted by Gasteiger charge is -2.07. The van der Waals surface area contributed by atoms with Crippen molar-refractivity contribution in [3.8, 4) is 0 Å². The molecular formula is C14H11Cl2N3. The monoisotopic (exact) mass is 291 g/mol. The number of hydrogen-bond donors (Lipinski definition) is 1. The van der Waals surface area contributed by atoms with Crippen molar-refractivity contribution >= 4 is 40.2 Å². The normalized spacial score (nSPS) is 11.1. The molecule has 0 aliphatic carbocycles. The fourth-order valence-corrected chi connectivity index (χ4v) is 2.49. The molecular weight excluding hydrogens is 281 g/mol. The molecule has 2 aromatic carbocycles. The highest BCUT2D eigenvalue weighted by Gasteiger charge is 2.11. The molecule has 0 bridgehead atoms. The molecule has 3 aromatic rings. The van der Waals surface area contributed by atoms with Crippen LogP contribution in [0.15, 0.2) is 42.5 Å². The van der Waals surface area contributed by atoms with E-state index in [0.29, 0.717) is 22.5 Å². The van der Waals surface area contributed by atoms with E-state index in [9.17, 15) is 0 Å². The van der Waals surface area contributed by atoms with E-state index in [-0.39, 0.29) is 0 Å². The van der Waals surface area contributed by atoms with E-state index in [1.807, 2.05) is 47.0 Å². The Labute approximate surface area is 120 Å². The summed E-state index contributed by atoms with van der Waals surface area (Å²) in [4.78, 5) is 4.32. The third-order valence-corrected chi connectivity index (χ3v) is 3.56. The molecule has 0 radical (unpaired) electrons. The molecule has 0 saturated heterocycles. The molecule has 5 heteroatoms. The minimum absolute atomic E-state index is 0.457. The summed E-state index contributed by atoms with van der Waals surface area (Å²) < 4.78 is 1.90. The Hall–Kier alpha value is -1.71. The fraction of sp³-hybridized carbons (Fsp3) is 0.0714. The van der Waals surface area contributed by atoms with Crippen molar-refractivity contribution in [2.45, 2.75) is 6.54 Å². The number of hydrogen-bond acceptors (Lipinski definition) is 2. The molecule has 3 rings (SSSR count). The van der Waals surface area contributed by atoms with Crippen molar-refractivity contribution in [3.05, 3.63) is 58.1 Å². The molecule has 1 aromatic heterocycles. The number of imidazole rings is 1. The lowest BCUT2D eigenvalue weighted by molar-refractivity contribution is 0.838. The minimum atomic E-state index is 0.457. The summed E-state index contributed by atoms with van der Waals surface area (Å²) in [5, 5.41) is 1.36. The molecule has 19 heavy (non-hydrogen) atoms. The van der Waals surface area contributed by atoms with E-state index in [4.69, 9.17) is 28.9 Å². The van der Waals surface area contributed by atoms with Gasteiger partial charge in [0.15, 0.2) is 0 Å². The number of aromatic nitrogens is 2. The molecule has 0 fully saturated rings. The first-order valence-corrected chi connectivity index (χ1v) is 6.55. The molecule has 0 unspecified atom stereocenters. The van der Waals surface area contributed by atoms with Crippen LogP contribution in [0.1, 0.15) is 5.56 Å². The standard InChI is InChI=1S/C14H11Cl2N3/c15-10-6-4-9(5-7-10)8-19-13-11(16)2-1-3-12(13)18-14(19)17/h1-7H,8H2,(H2,17,18). The fourth-order valence-electron chi connectivity index (χ4n) is 2.09. The molecule has 0 spiro atoms. The van der Waals surface area contributed by atoms with E-state index >= 15 is 0 Å². The van der Waals surface area contributed by atoms with Gasteiger partial charge in [0.1, 0.15) is 0 Å². The number of benzene rings is 2. The van der Waals surface area contributed by atoms with Gasteiger partial charge < -0.3 is 10.3 Å². The van der Waals surface area contributed by atoms with Crippen LogP contribution in [0.4, 0.5) is 5.95 Å². The summed E-state index contributed by atoms with van der Waals surface area (Å²) in [5.74, 6) is 0.457. The van der Waals surface area contributed by atoms with Crippen LogP contribution in [0.2, 0.25) is 10.0 Å². The van der Waals surface area contributed by atoms with Crippen LogP contribution in [-0.4, -0.2) is 9.55 Å². The van der Waals surface area contributed by atoms with E-state index in [1.54, 1.807) is 0 Å². The number of nitrogens with zero attached hydrogens (tertiary/aromatic N) is 2. The van der Waals surface area contributed by atoms with Crippen molar-refractivity contribution < 1.29 is 0 Å². The Morgan fingerprint density at radius 2 is 1.79 bits per heavy atom. The SMILES string of the molecule is Nc1nc2cccc(Cl)c2n1Cc1ccc(Cl)cc1. The first kappa shape index (κ1) is 12.3. The zero-order chi connectivity index (χ0) is 13.4. The summed E-state index contributed by atoms with van der Waals surface area (Å²) in [5.41, 5.74) is 8.72. The van der Waals surface area contributed by atoms with Crippen LogP contribution >= 0.6 is 23.2 Å².